The van der Waals surface area contributed by atoms with E-state index in [9.17, 15) is 26.3 Å². The average molecular weight is 332 g/mol. The Hall–Kier alpha value is -0.760. The number of alkyl halides is 6. The lowest BCUT2D eigenvalue weighted by Gasteiger charge is -2.39. The van der Waals surface area contributed by atoms with Gasteiger partial charge >= 0.3 is 12.4 Å². The minimum absolute atomic E-state index is 0.0251. The lowest BCUT2D eigenvalue weighted by Crippen LogP contribution is -2.60. The van der Waals surface area contributed by atoms with E-state index in [4.69, 9.17) is 0 Å². The minimum atomic E-state index is -5.55. The number of ether oxygens (including phenoxy) is 2. The highest BCUT2D eigenvalue weighted by molar-refractivity contribution is 5.12. The molecule has 2 bridgehead atoms. The molecular formula is C14H18F6O2. The van der Waals surface area contributed by atoms with Crippen LogP contribution in [0.3, 0.4) is 0 Å². The highest BCUT2D eigenvalue weighted by Gasteiger charge is 2.73. The van der Waals surface area contributed by atoms with Gasteiger partial charge in [0.25, 0.3) is 5.60 Å². The van der Waals surface area contributed by atoms with Gasteiger partial charge in [-0.15, -0.1) is 0 Å². The summed E-state index contributed by atoms with van der Waals surface area (Å²) in [5.41, 5.74) is -4.17. The van der Waals surface area contributed by atoms with Gasteiger partial charge in [0.05, 0.1) is 0 Å². The topological polar surface area (TPSA) is 18.5 Å². The van der Waals surface area contributed by atoms with E-state index in [0.717, 1.165) is 0 Å². The van der Waals surface area contributed by atoms with E-state index >= 15 is 0 Å². The van der Waals surface area contributed by atoms with Gasteiger partial charge < -0.3 is 9.47 Å². The summed E-state index contributed by atoms with van der Waals surface area (Å²) in [6.45, 7) is 0.405. The van der Waals surface area contributed by atoms with Crippen molar-refractivity contribution in [3.8, 4) is 0 Å². The Labute approximate surface area is 124 Å². The number of rotatable bonds is 6. The summed E-state index contributed by atoms with van der Waals surface area (Å²) in [6, 6.07) is 0. The van der Waals surface area contributed by atoms with Gasteiger partial charge in [-0.1, -0.05) is 12.2 Å². The third kappa shape index (κ3) is 3.13. The SMILES string of the molecule is CCOCOC(CC1CC2C=CC1C2)(C(F)(F)F)C(F)(F)F. The summed E-state index contributed by atoms with van der Waals surface area (Å²) in [4.78, 5) is 0. The van der Waals surface area contributed by atoms with Gasteiger partial charge in [-0.2, -0.15) is 26.3 Å². The van der Waals surface area contributed by atoms with Crippen LogP contribution in [-0.2, 0) is 9.47 Å². The molecule has 2 nitrogen and oxygen atoms in total. The van der Waals surface area contributed by atoms with Crippen LogP contribution in [0.25, 0.3) is 0 Å². The van der Waals surface area contributed by atoms with Crippen molar-refractivity contribution in [2.24, 2.45) is 17.8 Å². The molecule has 0 amide bonds. The van der Waals surface area contributed by atoms with Crippen LogP contribution in [0, 0.1) is 17.8 Å². The smallest absolute Gasteiger partial charge is 0.356 e. The molecule has 1 saturated carbocycles. The molecule has 2 rings (SSSR count). The first-order chi connectivity index (χ1) is 10.1. The first kappa shape index (κ1) is 17.6. The van der Waals surface area contributed by atoms with Crippen molar-refractivity contribution in [1.29, 1.82) is 0 Å². The molecule has 0 saturated heterocycles. The molecule has 22 heavy (non-hydrogen) atoms. The third-order valence-electron chi connectivity index (χ3n) is 4.47. The molecule has 0 heterocycles. The van der Waals surface area contributed by atoms with E-state index in [2.05, 4.69) is 9.47 Å². The van der Waals surface area contributed by atoms with Crippen LogP contribution in [0.1, 0.15) is 26.2 Å². The number of allylic oxidation sites excluding steroid dienone is 2. The predicted molar refractivity (Wildman–Crippen MR) is 65.9 cm³/mol. The fourth-order valence-electron chi connectivity index (χ4n) is 3.34. The molecule has 128 valence electrons. The van der Waals surface area contributed by atoms with E-state index in [1.54, 1.807) is 6.08 Å². The summed E-state index contributed by atoms with van der Waals surface area (Å²) < 4.78 is 88.5. The van der Waals surface area contributed by atoms with E-state index in [1.165, 1.54) is 6.92 Å². The standard InChI is InChI=1S/C14H18F6O2/c1-2-21-8-22-12(13(15,16)17,14(18,19)20)7-11-6-9-3-4-10(11)5-9/h3-4,9-11H,2,5-8H2,1H3. The van der Waals surface area contributed by atoms with Gasteiger partial charge in [0, 0.05) is 6.61 Å². The van der Waals surface area contributed by atoms with E-state index in [1.807, 2.05) is 6.08 Å². The summed E-state index contributed by atoms with van der Waals surface area (Å²) in [6.07, 6.45) is -7.65. The first-order valence-electron chi connectivity index (χ1n) is 7.14. The van der Waals surface area contributed by atoms with Crippen molar-refractivity contribution >= 4 is 0 Å². The van der Waals surface area contributed by atoms with Crippen LogP contribution >= 0.6 is 0 Å². The van der Waals surface area contributed by atoms with Gasteiger partial charge in [0.15, 0.2) is 0 Å². The Balaban J connectivity index is 2.24. The monoisotopic (exact) mass is 332 g/mol. The maximum atomic E-state index is 13.3. The minimum Gasteiger partial charge on any atom is -0.356 e. The maximum absolute atomic E-state index is 13.3. The zero-order chi connectivity index (χ0) is 16.6. The number of hydrogen-bond donors (Lipinski definition) is 0. The van der Waals surface area contributed by atoms with Crippen LogP contribution in [0.2, 0.25) is 0 Å². The highest BCUT2D eigenvalue weighted by atomic mass is 19.4. The third-order valence-corrected chi connectivity index (χ3v) is 4.47. The molecule has 2 aliphatic rings. The molecule has 1 fully saturated rings. The van der Waals surface area contributed by atoms with Gasteiger partial charge in [0.2, 0.25) is 0 Å². The molecule has 0 aromatic rings. The lowest BCUT2D eigenvalue weighted by molar-refractivity contribution is -0.397. The largest absolute Gasteiger partial charge is 0.426 e. The number of fused-ring (bicyclic) bond motifs is 2. The van der Waals surface area contributed by atoms with Gasteiger partial charge in [-0.3, -0.25) is 0 Å². The Bertz CT molecular complexity index is 401. The Morgan fingerprint density at radius 3 is 2.05 bits per heavy atom. The van der Waals surface area contributed by atoms with Crippen molar-refractivity contribution in [1.82, 2.24) is 0 Å². The molecule has 0 aromatic heterocycles. The Morgan fingerprint density at radius 1 is 1.00 bits per heavy atom. The van der Waals surface area contributed by atoms with Crippen LogP contribution in [0.5, 0.6) is 0 Å². The molecular weight excluding hydrogens is 314 g/mol. The molecule has 0 aliphatic heterocycles. The number of hydrogen-bond acceptors (Lipinski definition) is 2. The zero-order valence-electron chi connectivity index (χ0n) is 12.0. The van der Waals surface area contributed by atoms with Crippen LogP contribution < -0.4 is 0 Å². The van der Waals surface area contributed by atoms with Crippen LogP contribution in [-0.4, -0.2) is 31.4 Å². The van der Waals surface area contributed by atoms with Crippen LogP contribution in [0.15, 0.2) is 12.2 Å². The summed E-state index contributed by atoms with van der Waals surface area (Å²) in [5, 5.41) is 0. The lowest BCUT2D eigenvalue weighted by atomic mass is 9.81. The highest BCUT2D eigenvalue weighted by Crippen LogP contribution is 2.54. The summed E-state index contributed by atoms with van der Waals surface area (Å²) in [5.74, 6) is -0.828. The van der Waals surface area contributed by atoms with Crippen LogP contribution in [0.4, 0.5) is 26.3 Å². The zero-order valence-corrected chi connectivity index (χ0v) is 12.0. The van der Waals surface area contributed by atoms with E-state index in [-0.39, 0.29) is 18.4 Å². The second-order valence-corrected chi connectivity index (χ2v) is 5.82. The normalized spacial score (nSPS) is 28.6. The van der Waals surface area contributed by atoms with Crippen molar-refractivity contribution < 1.29 is 35.8 Å². The molecule has 3 unspecified atom stereocenters. The molecule has 2 aliphatic carbocycles. The van der Waals surface area contributed by atoms with Gasteiger partial charge in [0.1, 0.15) is 6.79 Å². The van der Waals surface area contributed by atoms with Crippen molar-refractivity contribution in [3.05, 3.63) is 12.2 Å². The van der Waals surface area contributed by atoms with Gasteiger partial charge in [-0.05, 0) is 43.9 Å². The quantitative estimate of drug-likeness (QED) is 0.309. The second-order valence-electron chi connectivity index (χ2n) is 5.82. The molecule has 0 N–H and O–H groups in total. The molecule has 0 spiro atoms. The summed E-state index contributed by atoms with van der Waals surface area (Å²) in [7, 11) is 0. The van der Waals surface area contributed by atoms with Crippen molar-refractivity contribution in [2.75, 3.05) is 13.4 Å². The first-order valence-corrected chi connectivity index (χ1v) is 7.14. The molecule has 3 atom stereocenters. The Morgan fingerprint density at radius 2 is 1.64 bits per heavy atom. The molecule has 0 aromatic carbocycles. The maximum Gasteiger partial charge on any atom is 0.426 e. The fourth-order valence-corrected chi connectivity index (χ4v) is 3.34. The van der Waals surface area contributed by atoms with E-state index in [0.29, 0.717) is 12.8 Å². The molecule has 8 heteroatoms. The van der Waals surface area contributed by atoms with E-state index < -0.39 is 37.1 Å². The van der Waals surface area contributed by atoms with Gasteiger partial charge in [-0.25, -0.2) is 0 Å². The average Bonchev–Trinajstić information content (AvgIpc) is 2.97. The fraction of sp³-hybridized carbons (Fsp3) is 0.857. The number of halogens is 6. The Kier molecular flexibility index (Phi) is 4.82. The molecule has 0 radical (unpaired) electrons. The van der Waals surface area contributed by atoms with Crippen molar-refractivity contribution in [3.63, 3.8) is 0 Å². The summed E-state index contributed by atoms with van der Waals surface area (Å²) >= 11 is 0. The predicted octanol–water partition coefficient (Wildman–Crippen LogP) is 4.46. The second kappa shape index (κ2) is 6.03. The van der Waals surface area contributed by atoms with Crippen molar-refractivity contribution in [2.45, 2.75) is 44.1 Å².